The second-order valence-corrected chi connectivity index (χ2v) is 4.60. The number of anilines is 1. The maximum absolute atomic E-state index is 11.4. The van der Waals surface area contributed by atoms with Crippen LogP contribution in [0.25, 0.3) is 11.1 Å². The van der Waals surface area contributed by atoms with E-state index in [9.17, 15) is 4.79 Å². The van der Waals surface area contributed by atoms with Crippen LogP contribution in [0.3, 0.4) is 0 Å². The molecule has 18 heavy (non-hydrogen) atoms. The molecule has 0 radical (unpaired) electrons. The summed E-state index contributed by atoms with van der Waals surface area (Å²) in [7, 11) is 0. The van der Waals surface area contributed by atoms with Gasteiger partial charge in [-0.05, 0) is 24.1 Å². The number of aromatic amines is 1. The van der Waals surface area contributed by atoms with E-state index in [2.05, 4.69) is 28.2 Å². The molecule has 0 spiro atoms. The van der Waals surface area contributed by atoms with Gasteiger partial charge in [-0.25, -0.2) is 4.79 Å². The van der Waals surface area contributed by atoms with Crippen molar-refractivity contribution in [3.8, 4) is 0 Å². The van der Waals surface area contributed by atoms with E-state index in [0.29, 0.717) is 5.58 Å². The van der Waals surface area contributed by atoms with Crippen molar-refractivity contribution in [1.29, 1.82) is 0 Å². The molecule has 2 heterocycles. The monoisotopic (exact) mass is 247 g/mol. The molecule has 5 nitrogen and oxygen atoms in total. The normalized spacial score (nSPS) is 16.4. The number of benzene rings is 1. The first-order valence-corrected chi connectivity index (χ1v) is 6.39. The van der Waals surface area contributed by atoms with Crippen LogP contribution < -0.4 is 16.0 Å². The van der Waals surface area contributed by atoms with E-state index >= 15 is 0 Å². The molecule has 1 aliphatic heterocycles. The molecule has 96 valence electrons. The highest BCUT2D eigenvalue weighted by Crippen LogP contribution is 2.27. The predicted molar refractivity (Wildman–Crippen MR) is 71.3 cm³/mol. The Kier molecular flexibility index (Phi) is 2.83. The lowest BCUT2D eigenvalue weighted by Gasteiger charge is -2.29. The van der Waals surface area contributed by atoms with Gasteiger partial charge in [0.1, 0.15) is 0 Å². The Labute approximate surface area is 105 Å². The molecule has 1 fully saturated rings. The largest absolute Gasteiger partial charge is 0.417 e. The second kappa shape index (κ2) is 4.49. The highest BCUT2D eigenvalue weighted by molar-refractivity contribution is 5.87. The first-order valence-electron chi connectivity index (χ1n) is 6.39. The van der Waals surface area contributed by atoms with Gasteiger partial charge >= 0.3 is 5.76 Å². The Morgan fingerprint density at radius 1 is 1.33 bits per heavy atom. The molecule has 1 aliphatic rings. The van der Waals surface area contributed by atoms with Crippen molar-refractivity contribution < 1.29 is 4.42 Å². The molecule has 0 amide bonds. The highest BCUT2D eigenvalue weighted by atomic mass is 16.4. The van der Waals surface area contributed by atoms with E-state index in [4.69, 9.17) is 4.42 Å². The maximum Gasteiger partial charge on any atom is 0.417 e. The van der Waals surface area contributed by atoms with Gasteiger partial charge in [0.25, 0.3) is 0 Å². The fourth-order valence-electron chi connectivity index (χ4n) is 2.44. The van der Waals surface area contributed by atoms with Gasteiger partial charge in [-0.3, -0.25) is 4.98 Å². The zero-order valence-electron chi connectivity index (χ0n) is 10.5. The first kappa shape index (κ1) is 11.3. The molecule has 0 unspecified atom stereocenters. The number of hydrogen-bond acceptors (Lipinski definition) is 4. The summed E-state index contributed by atoms with van der Waals surface area (Å²) in [6, 6.07) is 4.12. The van der Waals surface area contributed by atoms with Crippen LogP contribution in [0.5, 0.6) is 0 Å². The van der Waals surface area contributed by atoms with Crippen LogP contribution in [0.2, 0.25) is 0 Å². The third-order valence-corrected chi connectivity index (χ3v) is 3.43. The average Bonchev–Trinajstić information content (AvgIpc) is 2.78. The number of hydrogen-bond donors (Lipinski definition) is 2. The summed E-state index contributed by atoms with van der Waals surface area (Å²) in [5, 5.41) is 3.32. The fourth-order valence-corrected chi connectivity index (χ4v) is 2.44. The summed E-state index contributed by atoms with van der Waals surface area (Å²) >= 11 is 0. The number of aryl methyl sites for hydroxylation is 1. The summed E-state index contributed by atoms with van der Waals surface area (Å²) in [4.78, 5) is 16.4. The van der Waals surface area contributed by atoms with E-state index in [0.717, 1.165) is 43.8 Å². The lowest BCUT2D eigenvalue weighted by atomic mass is 10.1. The Bertz CT molecular complexity index is 608. The van der Waals surface area contributed by atoms with Crippen molar-refractivity contribution in [3.05, 3.63) is 28.2 Å². The van der Waals surface area contributed by atoms with Crippen LogP contribution in [-0.2, 0) is 6.42 Å². The molecular formula is C13H17N3O2. The summed E-state index contributed by atoms with van der Waals surface area (Å²) in [5.41, 5.74) is 3.73. The second-order valence-electron chi connectivity index (χ2n) is 4.60. The van der Waals surface area contributed by atoms with E-state index in [1.807, 2.05) is 6.07 Å². The van der Waals surface area contributed by atoms with Crippen LogP contribution in [0.4, 0.5) is 5.69 Å². The van der Waals surface area contributed by atoms with E-state index in [1.54, 1.807) is 0 Å². The van der Waals surface area contributed by atoms with Gasteiger partial charge in [0.15, 0.2) is 5.58 Å². The van der Waals surface area contributed by atoms with Crippen LogP contribution >= 0.6 is 0 Å². The number of nitrogens with zero attached hydrogens (tertiary/aromatic N) is 1. The highest BCUT2D eigenvalue weighted by Gasteiger charge is 2.17. The van der Waals surface area contributed by atoms with Crippen molar-refractivity contribution in [3.63, 3.8) is 0 Å². The fraction of sp³-hybridized carbons (Fsp3) is 0.462. The minimum absolute atomic E-state index is 0.380. The van der Waals surface area contributed by atoms with Crippen molar-refractivity contribution in [2.45, 2.75) is 13.3 Å². The zero-order chi connectivity index (χ0) is 12.5. The van der Waals surface area contributed by atoms with Crippen molar-refractivity contribution in [2.24, 2.45) is 0 Å². The molecule has 0 saturated carbocycles. The maximum atomic E-state index is 11.4. The third-order valence-electron chi connectivity index (χ3n) is 3.43. The molecule has 1 aromatic carbocycles. The lowest BCUT2D eigenvalue weighted by Crippen LogP contribution is -2.43. The number of piperazine rings is 1. The van der Waals surface area contributed by atoms with Gasteiger partial charge in [-0.15, -0.1) is 0 Å². The molecule has 0 aliphatic carbocycles. The van der Waals surface area contributed by atoms with E-state index in [1.165, 1.54) is 5.56 Å². The van der Waals surface area contributed by atoms with E-state index < -0.39 is 0 Å². The Morgan fingerprint density at radius 2 is 2.11 bits per heavy atom. The number of oxazole rings is 1. The summed E-state index contributed by atoms with van der Waals surface area (Å²) in [6.07, 6.45) is 0.947. The van der Waals surface area contributed by atoms with Gasteiger partial charge in [0.05, 0.1) is 11.2 Å². The lowest BCUT2D eigenvalue weighted by molar-refractivity contribution is 0.547. The minimum Gasteiger partial charge on any atom is -0.406 e. The summed E-state index contributed by atoms with van der Waals surface area (Å²) in [5.74, 6) is -0.380. The molecule has 2 aromatic rings. The molecule has 0 atom stereocenters. The molecule has 2 N–H and O–H groups in total. The molecule has 1 saturated heterocycles. The van der Waals surface area contributed by atoms with Gasteiger partial charge in [-0.1, -0.05) is 6.92 Å². The van der Waals surface area contributed by atoms with Gasteiger partial charge in [0, 0.05) is 26.2 Å². The van der Waals surface area contributed by atoms with Gasteiger partial charge in [0.2, 0.25) is 0 Å². The van der Waals surface area contributed by atoms with E-state index in [-0.39, 0.29) is 5.76 Å². The smallest absolute Gasteiger partial charge is 0.406 e. The third kappa shape index (κ3) is 1.90. The van der Waals surface area contributed by atoms with Crippen molar-refractivity contribution >= 4 is 16.8 Å². The minimum atomic E-state index is -0.380. The number of fused-ring (bicyclic) bond motifs is 1. The molecule has 1 aromatic heterocycles. The first-order chi connectivity index (χ1) is 8.78. The topological polar surface area (TPSA) is 61.3 Å². The number of rotatable bonds is 2. The molecular weight excluding hydrogens is 230 g/mol. The molecule has 0 bridgehead atoms. The van der Waals surface area contributed by atoms with Crippen LogP contribution in [-0.4, -0.2) is 31.2 Å². The van der Waals surface area contributed by atoms with Crippen LogP contribution in [0.1, 0.15) is 12.5 Å². The summed E-state index contributed by atoms with van der Waals surface area (Å²) in [6.45, 7) is 5.92. The molecule has 5 heteroatoms. The Morgan fingerprint density at radius 3 is 2.83 bits per heavy atom. The van der Waals surface area contributed by atoms with Crippen molar-refractivity contribution in [2.75, 3.05) is 31.1 Å². The molecule has 3 rings (SSSR count). The standard InChI is InChI=1S/C13H17N3O2/c1-2-9-7-10-12(18-13(17)15-10)11(8-9)16-5-3-14-4-6-16/h7-8,14H,2-6H2,1H3,(H,15,17). The summed E-state index contributed by atoms with van der Waals surface area (Å²) < 4.78 is 5.28. The Balaban J connectivity index is 2.15. The van der Waals surface area contributed by atoms with Crippen LogP contribution in [0.15, 0.2) is 21.3 Å². The quantitative estimate of drug-likeness (QED) is 0.834. The van der Waals surface area contributed by atoms with Crippen LogP contribution in [0, 0.1) is 0 Å². The van der Waals surface area contributed by atoms with Gasteiger partial charge in [-0.2, -0.15) is 0 Å². The van der Waals surface area contributed by atoms with Gasteiger partial charge < -0.3 is 14.6 Å². The number of aromatic nitrogens is 1. The predicted octanol–water partition coefficient (Wildman–Crippen LogP) is 1.09. The Hall–Kier alpha value is -1.75. The SMILES string of the molecule is CCc1cc(N2CCNCC2)c2oc(=O)[nH]c2c1. The average molecular weight is 247 g/mol. The van der Waals surface area contributed by atoms with Crippen molar-refractivity contribution in [1.82, 2.24) is 10.3 Å². The number of nitrogens with one attached hydrogen (secondary N) is 2. The number of H-pyrrole nitrogens is 1. The zero-order valence-corrected chi connectivity index (χ0v) is 10.5.